The molecule has 2 N–H and O–H groups in total. The molecule has 2 aromatic heterocycles. The van der Waals surface area contributed by atoms with E-state index in [1.54, 1.807) is 35.7 Å². The monoisotopic (exact) mass is 404 g/mol. The van der Waals surface area contributed by atoms with Gasteiger partial charge in [0.05, 0.1) is 34.2 Å². The summed E-state index contributed by atoms with van der Waals surface area (Å²) in [7, 11) is 0. The molecule has 0 aliphatic carbocycles. The summed E-state index contributed by atoms with van der Waals surface area (Å²) in [6.07, 6.45) is 2.59. The van der Waals surface area contributed by atoms with Crippen molar-refractivity contribution < 1.29 is 9.59 Å². The topological polar surface area (TPSA) is 76.0 Å². The van der Waals surface area contributed by atoms with E-state index in [0.717, 1.165) is 24.0 Å². The molecule has 146 valence electrons. The molecule has 0 bridgehead atoms. The number of para-hydroxylation sites is 3. The van der Waals surface area contributed by atoms with E-state index in [1.807, 2.05) is 36.0 Å². The van der Waals surface area contributed by atoms with Gasteiger partial charge in [-0.15, -0.1) is 0 Å². The zero-order chi connectivity index (χ0) is 20.1. The molecular formula is C22H20N4O2S. The fourth-order valence-corrected chi connectivity index (χ4v) is 3.75. The molecule has 0 spiro atoms. The molecule has 6 nitrogen and oxygen atoms in total. The zero-order valence-corrected chi connectivity index (χ0v) is 16.5. The first-order chi connectivity index (χ1) is 14.2. The molecule has 7 heteroatoms. The van der Waals surface area contributed by atoms with Crippen LogP contribution in [-0.2, 0) is 6.54 Å². The minimum atomic E-state index is -0.224. The van der Waals surface area contributed by atoms with Crippen LogP contribution >= 0.6 is 11.3 Å². The van der Waals surface area contributed by atoms with E-state index < -0.39 is 0 Å². The van der Waals surface area contributed by atoms with Gasteiger partial charge in [-0.05, 0) is 42.1 Å². The third-order valence-electron chi connectivity index (χ3n) is 4.59. The van der Waals surface area contributed by atoms with Crippen LogP contribution in [0.25, 0.3) is 11.0 Å². The number of amides is 2. The number of hydrogen-bond donors (Lipinski definition) is 2. The quantitative estimate of drug-likeness (QED) is 0.454. The highest BCUT2D eigenvalue weighted by atomic mass is 32.1. The average Bonchev–Trinajstić information content (AvgIpc) is 3.42. The number of benzene rings is 2. The van der Waals surface area contributed by atoms with Gasteiger partial charge in [0.15, 0.2) is 0 Å². The number of imidazole rings is 1. The molecule has 2 heterocycles. The van der Waals surface area contributed by atoms with Crippen molar-refractivity contribution in [1.82, 2.24) is 14.9 Å². The number of carbonyl (C=O) groups excluding carboxylic acids is 2. The Morgan fingerprint density at radius 1 is 1.00 bits per heavy atom. The standard InChI is InChI=1S/C22H20N4O2S/c27-21(16-10-13-29-14-16)25-18-7-2-1-6-17(18)22(28)23-11-5-12-26-15-24-19-8-3-4-9-20(19)26/h1-4,6-10,13-15H,5,11-12H2,(H,23,28)(H,25,27). The number of aromatic nitrogens is 2. The van der Waals surface area contributed by atoms with Crippen molar-refractivity contribution >= 4 is 39.9 Å². The van der Waals surface area contributed by atoms with Gasteiger partial charge < -0.3 is 15.2 Å². The first kappa shape index (κ1) is 18.9. The van der Waals surface area contributed by atoms with Crippen LogP contribution < -0.4 is 10.6 Å². The van der Waals surface area contributed by atoms with Crippen molar-refractivity contribution in [2.45, 2.75) is 13.0 Å². The summed E-state index contributed by atoms with van der Waals surface area (Å²) in [5.74, 6) is -0.430. The van der Waals surface area contributed by atoms with Crippen molar-refractivity contribution in [2.75, 3.05) is 11.9 Å². The second-order valence-electron chi connectivity index (χ2n) is 6.55. The van der Waals surface area contributed by atoms with Crippen LogP contribution in [0, 0.1) is 0 Å². The summed E-state index contributed by atoms with van der Waals surface area (Å²) in [6.45, 7) is 1.29. The Labute approximate surface area is 172 Å². The zero-order valence-electron chi connectivity index (χ0n) is 15.7. The lowest BCUT2D eigenvalue weighted by Crippen LogP contribution is -2.26. The van der Waals surface area contributed by atoms with Crippen molar-refractivity contribution in [3.05, 3.63) is 82.8 Å². The maximum atomic E-state index is 12.6. The molecule has 0 atom stereocenters. The van der Waals surface area contributed by atoms with Crippen LogP contribution in [-0.4, -0.2) is 27.9 Å². The van der Waals surface area contributed by atoms with Crippen LogP contribution in [0.5, 0.6) is 0 Å². The van der Waals surface area contributed by atoms with E-state index >= 15 is 0 Å². The molecule has 2 aromatic carbocycles. The fourth-order valence-electron chi connectivity index (χ4n) is 3.11. The second-order valence-corrected chi connectivity index (χ2v) is 7.33. The summed E-state index contributed by atoms with van der Waals surface area (Å²) in [6, 6.07) is 16.7. The molecule has 0 fully saturated rings. The normalized spacial score (nSPS) is 10.8. The first-order valence-corrected chi connectivity index (χ1v) is 10.3. The molecule has 0 saturated heterocycles. The Morgan fingerprint density at radius 2 is 1.83 bits per heavy atom. The van der Waals surface area contributed by atoms with Crippen molar-refractivity contribution in [2.24, 2.45) is 0 Å². The Morgan fingerprint density at radius 3 is 2.69 bits per heavy atom. The molecule has 2 amide bonds. The average molecular weight is 404 g/mol. The van der Waals surface area contributed by atoms with E-state index in [0.29, 0.717) is 23.4 Å². The third-order valence-corrected chi connectivity index (χ3v) is 5.28. The molecule has 0 aliphatic rings. The van der Waals surface area contributed by atoms with Crippen LogP contribution in [0.4, 0.5) is 5.69 Å². The number of fused-ring (bicyclic) bond motifs is 1. The van der Waals surface area contributed by atoms with E-state index in [1.165, 1.54) is 11.3 Å². The molecule has 0 saturated carbocycles. The summed E-state index contributed by atoms with van der Waals surface area (Å²) in [5.41, 5.74) is 3.58. The molecule has 0 aliphatic heterocycles. The number of nitrogens with zero attached hydrogens (tertiary/aromatic N) is 2. The molecule has 0 unspecified atom stereocenters. The number of nitrogens with one attached hydrogen (secondary N) is 2. The van der Waals surface area contributed by atoms with Crippen molar-refractivity contribution in [3.63, 3.8) is 0 Å². The first-order valence-electron chi connectivity index (χ1n) is 9.33. The largest absolute Gasteiger partial charge is 0.352 e. The Hall–Kier alpha value is -3.45. The van der Waals surface area contributed by atoms with E-state index in [4.69, 9.17) is 0 Å². The highest BCUT2D eigenvalue weighted by Crippen LogP contribution is 2.17. The van der Waals surface area contributed by atoms with Gasteiger partial charge in [-0.2, -0.15) is 11.3 Å². The minimum Gasteiger partial charge on any atom is -0.352 e. The van der Waals surface area contributed by atoms with Gasteiger partial charge in [0, 0.05) is 18.5 Å². The molecule has 29 heavy (non-hydrogen) atoms. The number of carbonyl (C=O) groups is 2. The number of aryl methyl sites for hydroxylation is 1. The smallest absolute Gasteiger partial charge is 0.256 e. The lowest BCUT2D eigenvalue weighted by molar-refractivity contribution is 0.0953. The van der Waals surface area contributed by atoms with Crippen LogP contribution in [0.3, 0.4) is 0 Å². The highest BCUT2D eigenvalue weighted by Gasteiger charge is 2.14. The van der Waals surface area contributed by atoms with Crippen LogP contribution in [0.15, 0.2) is 71.7 Å². The van der Waals surface area contributed by atoms with Gasteiger partial charge in [0.1, 0.15) is 0 Å². The predicted molar refractivity (Wildman–Crippen MR) is 115 cm³/mol. The third kappa shape index (κ3) is 4.35. The number of rotatable bonds is 7. The Balaban J connectivity index is 1.34. The van der Waals surface area contributed by atoms with Crippen molar-refractivity contribution in [1.29, 1.82) is 0 Å². The summed E-state index contributed by atoms with van der Waals surface area (Å²) < 4.78 is 2.08. The number of anilines is 1. The SMILES string of the molecule is O=C(Nc1ccccc1C(=O)NCCCn1cnc2ccccc21)c1ccsc1. The van der Waals surface area contributed by atoms with E-state index in [9.17, 15) is 9.59 Å². The molecule has 4 aromatic rings. The highest BCUT2D eigenvalue weighted by molar-refractivity contribution is 7.08. The summed E-state index contributed by atoms with van der Waals surface area (Å²) in [4.78, 5) is 29.3. The Bertz CT molecular complexity index is 1130. The van der Waals surface area contributed by atoms with Gasteiger partial charge in [-0.25, -0.2) is 4.98 Å². The second kappa shape index (κ2) is 8.70. The molecule has 4 rings (SSSR count). The van der Waals surface area contributed by atoms with E-state index in [2.05, 4.69) is 20.2 Å². The molecule has 0 radical (unpaired) electrons. The van der Waals surface area contributed by atoms with Crippen LogP contribution in [0.1, 0.15) is 27.1 Å². The lowest BCUT2D eigenvalue weighted by Gasteiger charge is -2.11. The Kier molecular flexibility index (Phi) is 5.67. The number of thiophene rings is 1. The summed E-state index contributed by atoms with van der Waals surface area (Å²) >= 11 is 1.46. The van der Waals surface area contributed by atoms with Gasteiger partial charge >= 0.3 is 0 Å². The maximum absolute atomic E-state index is 12.6. The van der Waals surface area contributed by atoms with Gasteiger partial charge in [-0.1, -0.05) is 24.3 Å². The van der Waals surface area contributed by atoms with Crippen LogP contribution in [0.2, 0.25) is 0 Å². The van der Waals surface area contributed by atoms with Gasteiger partial charge in [0.25, 0.3) is 11.8 Å². The van der Waals surface area contributed by atoms with Gasteiger partial charge in [0.2, 0.25) is 0 Å². The predicted octanol–water partition coefficient (Wildman–Crippen LogP) is 4.17. The van der Waals surface area contributed by atoms with Crippen molar-refractivity contribution in [3.8, 4) is 0 Å². The van der Waals surface area contributed by atoms with E-state index in [-0.39, 0.29) is 11.8 Å². The summed E-state index contributed by atoms with van der Waals surface area (Å²) in [5, 5.41) is 9.38. The minimum absolute atomic E-state index is 0.207. The lowest BCUT2D eigenvalue weighted by atomic mass is 10.1. The fraction of sp³-hybridized carbons (Fsp3) is 0.136. The van der Waals surface area contributed by atoms with Gasteiger partial charge in [-0.3, -0.25) is 9.59 Å². The molecular weight excluding hydrogens is 384 g/mol. The maximum Gasteiger partial charge on any atom is 0.256 e. The number of hydrogen-bond acceptors (Lipinski definition) is 4.